The average molecular weight is 198 g/mol. The predicted molar refractivity (Wildman–Crippen MR) is 60.0 cm³/mol. The van der Waals surface area contributed by atoms with Crippen LogP contribution in [0.25, 0.3) is 0 Å². The Kier molecular flexibility index (Phi) is 7.11. The minimum Gasteiger partial charge on any atom is -0.338 e. The molecule has 3 heteroatoms. The third kappa shape index (κ3) is 4.42. The van der Waals surface area contributed by atoms with Crippen LogP contribution in [-0.4, -0.2) is 29.9 Å². The molecule has 0 rings (SSSR count). The van der Waals surface area contributed by atoms with Gasteiger partial charge in [0, 0.05) is 13.1 Å². The van der Waals surface area contributed by atoms with Crippen LogP contribution in [0, 0.1) is 0 Å². The van der Waals surface area contributed by atoms with Crippen LogP contribution in [0.5, 0.6) is 0 Å². The molecule has 1 atom stereocenters. The molecule has 0 saturated heterocycles. The Hall–Kier alpha value is -0.830. The number of nitrogens with two attached hydrogens (primary N) is 1. The second-order valence-corrected chi connectivity index (χ2v) is 3.41. The first kappa shape index (κ1) is 13.2. The van der Waals surface area contributed by atoms with Crippen molar-refractivity contribution in [3.8, 4) is 0 Å². The maximum Gasteiger partial charge on any atom is 0.239 e. The molecule has 1 unspecified atom stereocenters. The van der Waals surface area contributed by atoms with Crippen LogP contribution in [0.15, 0.2) is 12.7 Å². The summed E-state index contributed by atoms with van der Waals surface area (Å²) in [5.74, 6) is 0.0425. The highest BCUT2D eigenvalue weighted by molar-refractivity contribution is 5.81. The summed E-state index contributed by atoms with van der Waals surface area (Å²) in [6, 6.07) is -0.338. The third-order valence-electron chi connectivity index (χ3n) is 2.23. The molecule has 0 aliphatic rings. The fourth-order valence-electron chi connectivity index (χ4n) is 1.31. The smallest absolute Gasteiger partial charge is 0.239 e. The number of carbonyl (C=O) groups excluding carboxylic acids is 1. The Morgan fingerprint density at radius 1 is 1.57 bits per heavy atom. The topological polar surface area (TPSA) is 46.3 Å². The molecule has 0 radical (unpaired) electrons. The standard InChI is InChI=1S/C11H22N2O/c1-4-7-8-10(12)11(14)13(6-3)9-5-2/h5,10H,2,4,6-9,12H2,1,3H3. The zero-order valence-corrected chi connectivity index (χ0v) is 9.33. The summed E-state index contributed by atoms with van der Waals surface area (Å²) in [4.78, 5) is 13.5. The van der Waals surface area contributed by atoms with E-state index in [4.69, 9.17) is 5.73 Å². The van der Waals surface area contributed by atoms with Crippen LogP contribution in [0.4, 0.5) is 0 Å². The number of unbranched alkanes of at least 4 members (excludes halogenated alkanes) is 1. The summed E-state index contributed by atoms with van der Waals surface area (Å²) in [5.41, 5.74) is 5.78. The zero-order valence-electron chi connectivity index (χ0n) is 9.33. The predicted octanol–water partition coefficient (Wildman–Crippen LogP) is 1.54. The molecule has 1 amide bonds. The van der Waals surface area contributed by atoms with Crippen molar-refractivity contribution in [3.63, 3.8) is 0 Å². The minimum atomic E-state index is -0.338. The quantitative estimate of drug-likeness (QED) is 0.631. The van der Waals surface area contributed by atoms with Gasteiger partial charge in [-0.15, -0.1) is 6.58 Å². The van der Waals surface area contributed by atoms with Gasteiger partial charge in [0.05, 0.1) is 6.04 Å². The van der Waals surface area contributed by atoms with Crippen molar-refractivity contribution in [2.75, 3.05) is 13.1 Å². The molecule has 0 aliphatic carbocycles. The first-order valence-corrected chi connectivity index (χ1v) is 5.32. The van der Waals surface area contributed by atoms with Crippen molar-refractivity contribution in [1.82, 2.24) is 4.90 Å². The number of likely N-dealkylation sites (N-methyl/N-ethyl adjacent to an activating group) is 1. The molecule has 0 aromatic rings. The maximum absolute atomic E-state index is 11.7. The highest BCUT2D eigenvalue weighted by Crippen LogP contribution is 2.02. The Bertz CT molecular complexity index is 180. The Morgan fingerprint density at radius 2 is 2.21 bits per heavy atom. The van der Waals surface area contributed by atoms with E-state index in [-0.39, 0.29) is 11.9 Å². The Morgan fingerprint density at radius 3 is 2.64 bits per heavy atom. The van der Waals surface area contributed by atoms with Gasteiger partial charge in [-0.25, -0.2) is 0 Å². The van der Waals surface area contributed by atoms with E-state index in [9.17, 15) is 4.79 Å². The molecule has 2 N–H and O–H groups in total. The normalized spacial score (nSPS) is 12.2. The first-order chi connectivity index (χ1) is 6.67. The second kappa shape index (κ2) is 7.56. The fourth-order valence-corrected chi connectivity index (χ4v) is 1.31. The fraction of sp³-hybridized carbons (Fsp3) is 0.727. The number of hydrogen-bond acceptors (Lipinski definition) is 2. The molecule has 82 valence electrons. The van der Waals surface area contributed by atoms with Crippen molar-refractivity contribution in [1.29, 1.82) is 0 Å². The second-order valence-electron chi connectivity index (χ2n) is 3.41. The van der Waals surface area contributed by atoms with Crippen LogP contribution in [0.3, 0.4) is 0 Å². The van der Waals surface area contributed by atoms with E-state index in [1.54, 1.807) is 11.0 Å². The van der Waals surface area contributed by atoms with E-state index >= 15 is 0 Å². The van der Waals surface area contributed by atoms with Gasteiger partial charge in [0.2, 0.25) is 5.91 Å². The van der Waals surface area contributed by atoms with Crippen LogP contribution < -0.4 is 5.73 Å². The summed E-state index contributed by atoms with van der Waals surface area (Å²) >= 11 is 0. The van der Waals surface area contributed by atoms with Gasteiger partial charge in [0.15, 0.2) is 0 Å². The van der Waals surface area contributed by atoms with Gasteiger partial charge in [-0.3, -0.25) is 4.79 Å². The lowest BCUT2D eigenvalue weighted by Gasteiger charge is -2.22. The van der Waals surface area contributed by atoms with Gasteiger partial charge in [-0.2, -0.15) is 0 Å². The monoisotopic (exact) mass is 198 g/mol. The van der Waals surface area contributed by atoms with Crippen LogP contribution in [-0.2, 0) is 4.79 Å². The molecule has 0 aliphatic heterocycles. The summed E-state index contributed by atoms with van der Waals surface area (Å²) < 4.78 is 0. The van der Waals surface area contributed by atoms with E-state index in [1.807, 2.05) is 6.92 Å². The molecule has 0 aromatic carbocycles. The number of rotatable bonds is 7. The maximum atomic E-state index is 11.7. The molecule has 0 bridgehead atoms. The molecule has 0 heterocycles. The molecular formula is C11H22N2O. The number of nitrogens with zero attached hydrogens (tertiary/aromatic N) is 1. The van der Waals surface area contributed by atoms with E-state index < -0.39 is 0 Å². The molecule has 14 heavy (non-hydrogen) atoms. The number of hydrogen-bond donors (Lipinski definition) is 1. The largest absolute Gasteiger partial charge is 0.338 e. The lowest BCUT2D eigenvalue weighted by atomic mass is 10.1. The van der Waals surface area contributed by atoms with E-state index in [0.717, 1.165) is 19.3 Å². The highest BCUT2D eigenvalue weighted by Gasteiger charge is 2.17. The zero-order chi connectivity index (χ0) is 11.0. The van der Waals surface area contributed by atoms with Crippen LogP contribution >= 0.6 is 0 Å². The van der Waals surface area contributed by atoms with Gasteiger partial charge in [0.1, 0.15) is 0 Å². The lowest BCUT2D eigenvalue weighted by molar-refractivity contribution is -0.132. The molecular weight excluding hydrogens is 176 g/mol. The first-order valence-electron chi connectivity index (χ1n) is 5.32. The summed E-state index contributed by atoms with van der Waals surface area (Å²) in [5, 5.41) is 0. The molecule has 3 nitrogen and oxygen atoms in total. The molecule has 0 fully saturated rings. The highest BCUT2D eigenvalue weighted by atomic mass is 16.2. The third-order valence-corrected chi connectivity index (χ3v) is 2.23. The van der Waals surface area contributed by atoms with E-state index in [2.05, 4.69) is 13.5 Å². The SMILES string of the molecule is C=CCN(CC)C(=O)C(N)CCCC. The van der Waals surface area contributed by atoms with Gasteiger partial charge in [-0.1, -0.05) is 25.8 Å². The van der Waals surface area contributed by atoms with Crippen molar-refractivity contribution in [3.05, 3.63) is 12.7 Å². The van der Waals surface area contributed by atoms with Gasteiger partial charge < -0.3 is 10.6 Å². The number of amides is 1. The number of carbonyl (C=O) groups is 1. The average Bonchev–Trinajstić information content (AvgIpc) is 2.21. The minimum absolute atomic E-state index is 0.0425. The van der Waals surface area contributed by atoms with Crippen molar-refractivity contribution >= 4 is 5.91 Å². The summed E-state index contributed by atoms with van der Waals surface area (Å²) in [7, 11) is 0. The Labute approximate surface area is 87.0 Å². The van der Waals surface area contributed by atoms with Crippen LogP contribution in [0.2, 0.25) is 0 Å². The van der Waals surface area contributed by atoms with Crippen molar-refractivity contribution in [2.45, 2.75) is 39.2 Å². The van der Waals surface area contributed by atoms with Gasteiger partial charge >= 0.3 is 0 Å². The van der Waals surface area contributed by atoms with E-state index in [1.165, 1.54) is 0 Å². The summed E-state index contributed by atoms with van der Waals surface area (Å²) in [6.07, 6.45) is 4.60. The molecule has 0 aromatic heterocycles. The van der Waals surface area contributed by atoms with E-state index in [0.29, 0.717) is 13.1 Å². The summed E-state index contributed by atoms with van der Waals surface area (Å²) in [6.45, 7) is 8.96. The van der Waals surface area contributed by atoms with Gasteiger partial charge in [-0.05, 0) is 13.3 Å². The Balaban J connectivity index is 4.05. The molecule has 0 spiro atoms. The van der Waals surface area contributed by atoms with Crippen LogP contribution in [0.1, 0.15) is 33.1 Å². The molecule has 0 saturated carbocycles. The van der Waals surface area contributed by atoms with Gasteiger partial charge in [0.25, 0.3) is 0 Å². The van der Waals surface area contributed by atoms with Crippen molar-refractivity contribution < 1.29 is 4.79 Å². The van der Waals surface area contributed by atoms with Crippen molar-refractivity contribution in [2.24, 2.45) is 5.73 Å². The lowest BCUT2D eigenvalue weighted by Crippen LogP contribution is -2.43.